The average molecular weight is 244 g/mol. The van der Waals surface area contributed by atoms with Gasteiger partial charge in [0.05, 0.1) is 18.2 Å². The van der Waals surface area contributed by atoms with Gasteiger partial charge in [-0.25, -0.2) is 4.98 Å². The molecule has 1 saturated carbocycles. The van der Waals surface area contributed by atoms with E-state index >= 15 is 0 Å². The fourth-order valence-corrected chi connectivity index (χ4v) is 2.04. The van der Waals surface area contributed by atoms with Crippen molar-refractivity contribution in [3.8, 4) is 11.5 Å². The molecule has 94 valence electrons. The molecule has 0 saturated heterocycles. The lowest BCUT2D eigenvalue weighted by molar-refractivity contribution is 0.291. The molecule has 1 aliphatic rings. The zero-order chi connectivity index (χ0) is 12.5. The lowest BCUT2D eigenvalue weighted by atomic mass is 10.2. The minimum atomic E-state index is 0.267. The van der Waals surface area contributed by atoms with Crippen molar-refractivity contribution in [1.29, 1.82) is 0 Å². The van der Waals surface area contributed by atoms with Gasteiger partial charge in [0.1, 0.15) is 18.1 Å². The number of phenolic OH excluding ortho intramolecular Hbond substituents is 1. The Morgan fingerprint density at radius 2 is 2.28 bits per heavy atom. The van der Waals surface area contributed by atoms with Crippen LogP contribution in [0.5, 0.6) is 11.5 Å². The third-order valence-electron chi connectivity index (χ3n) is 3.32. The van der Waals surface area contributed by atoms with Gasteiger partial charge in [0.2, 0.25) is 0 Å². The van der Waals surface area contributed by atoms with Gasteiger partial charge < -0.3 is 14.4 Å². The van der Waals surface area contributed by atoms with Crippen LogP contribution >= 0.6 is 0 Å². The maximum Gasteiger partial charge on any atom is 0.130 e. The maximum absolute atomic E-state index is 9.61. The first-order chi connectivity index (χ1) is 8.75. The van der Waals surface area contributed by atoms with E-state index in [-0.39, 0.29) is 5.75 Å². The van der Waals surface area contributed by atoms with E-state index in [1.807, 2.05) is 25.5 Å². The molecular weight excluding hydrogens is 228 g/mol. The topological polar surface area (TPSA) is 47.3 Å². The highest BCUT2D eigenvalue weighted by atomic mass is 16.5. The van der Waals surface area contributed by atoms with Crippen molar-refractivity contribution < 1.29 is 9.84 Å². The highest BCUT2D eigenvalue weighted by Crippen LogP contribution is 2.36. The van der Waals surface area contributed by atoms with Crippen molar-refractivity contribution >= 4 is 0 Å². The molecule has 0 atom stereocenters. The molecule has 1 fully saturated rings. The van der Waals surface area contributed by atoms with Crippen LogP contribution in [-0.4, -0.2) is 14.7 Å². The summed E-state index contributed by atoms with van der Waals surface area (Å²) in [6.07, 6.45) is 6.17. The van der Waals surface area contributed by atoms with Gasteiger partial charge in [-0.1, -0.05) is 6.07 Å². The first-order valence-corrected chi connectivity index (χ1v) is 6.18. The Labute approximate surface area is 106 Å². The Bertz CT molecular complexity index is 559. The summed E-state index contributed by atoms with van der Waals surface area (Å²) in [5.41, 5.74) is 1.86. The predicted octanol–water partition coefficient (Wildman–Crippen LogP) is 2.81. The molecule has 0 spiro atoms. The first-order valence-electron chi connectivity index (χ1n) is 6.18. The smallest absolute Gasteiger partial charge is 0.130 e. The fraction of sp³-hybridized carbons (Fsp3) is 0.357. The maximum atomic E-state index is 9.61. The van der Waals surface area contributed by atoms with Gasteiger partial charge in [-0.3, -0.25) is 0 Å². The van der Waals surface area contributed by atoms with Gasteiger partial charge in [0.15, 0.2) is 0 Å². The number of aromatic hydroxyl groups is 1. The third kappa shape index (κ3) is 2.06. The van der Waals surface area contributed by atoms with Crippen LogP contribution < -0.4 is 4.74 Å². The van der Waals surface area contributed by atoms with Crippen molar-refractivity contribution in [2.75, 3.05) is 0 Å². The van der Waals surface area contributed by atoms with E-state index in [9.17, 15) is 5.11 Å². The Morgan fingerprint density at radius 1 is 1.44 bits per heavy atom. The number of benzene rings is 1. The van der Waals surface area contributed by atoms with Gasteiger partial charge >= 0.3 is 0 Å². The standard InChI is InChI=1S/C14H16N2O2/c1-10-13(17)3-2-4-14(10)18-8-12-7-15-9-16(12)11-5-6-11/h2-4,7,9,11,17H,5-6,8H2,1H3. The average Bonchev–Trinajstić information content (AvgIpc) is 3.11. The molecule has 0 aliphatic heterocycles. The van der Waals surface area contributed by atoms with Crippen molar-refractivity contribution in [2.24, 2.45) is 0 Å². The van der Waals surface area contributed by atoms with Gasteiger partial charge in [0, 0.05) is 11.6 Å². The SMILES string of the molecule is Cc1c(O)cccc1OCc1cncn1C1CC1. The number of phenols is 1. The Morgan fingerprint density at radius 3 is 3.06 bits per heavy atom. The van der Waals surface area contributed by atoms with Crippen LogP contribution in [0.25, 0.3) is 0 Å². The normalized spacial score (nSPS) is 14.7. The summed E-state index contributed by atoms with van der Waals surface area (Å²) in [6, 6.07) is 5.93. The molecule has 1 aromatic heterocycles. The summed E-state index contributed by atoms with van der Waals surface area (Å²) >= 11 is 0. The summed E-state index contributed by atoms with van der Waals surface area (Å²) in [7, 11) is 0. The van der Waals surface area contributed by atoms with E-state index in [2.05, 4.69) is 9.55 Å². The molecule has 0 bridgehead atoms. The van der Waals surface area contributed by atoms with E-state index in [0.717, 1.165) is 17.0 Å². The van der Waals surface area contributed by atoms with Crippen LogP contribution in [0, 0.1) is 6.92 Å². The number of aromatic nitrogens is 2. The molecule has 0 unspecified atom stereocenters. The largest absolute Gasteiger partial charge is 0.508 e. The number of ether oxygens (including phenoxy) is 1. The molecule has 4 heteroatoms. The zero-order valence-corrected chi connectivity index (χ0v) is 10.3. The summed E-state index contributed by atoms with van der Waals surface area (Å²) in [5.74, 6) is 0.988. The van der Waals surface area contributed by atoms with Crippen LogP contribution in [-0.2, 0) is 6.61 Å². The third-order valence-corrected chi connectivity index (χ3v) is 3.32. The monoisotopic (exact) mass is 244 g/mol. The number of hydrogen-bond acceptors (Lipinski definition) is 3. The zero-order valence-electron chi connectivity index (χ0n) is 10.3. The van der Waals surface area contributed by atoms with Crippen LogP contribution in [0.4, 0.5) is 0 Å². The summed E-state index contributed by atoms with van der Waals surface area (Å²) < 4.78 is 7.94. The van der Waals surface area contributed by atoms with E-state index in [0.29, 0.717) is 12.6 Å². The second kappa shape index (κ2) is 4.37. The molecule has 0 radical (unpaired) electrons. The lowest BCUT2D eigenvalue weighted by Gasteiger charge is -2.11. The number of imidazole rings is 1. The summed E-state index contributed by atoms with van der Waals surface area (Å²) in [6.45, 7) is 2.34. The molecule has 1 aliphatic carbocycles. The van der Waals surface area contributed by atoms with Crippen LogP contribution in [0.1, 0.15) is 30.1 Å². The molecular formula is C14H16N2O2. The second-order valence-corrected chi connectivity index (χ2v) is 4.71. The van der Waals surface area contributed by atoms with Gasteiger partial charge in [-0.05, 0) is 31.9 Å². The minimum Gasteiger partial charge on any atom is -0.508 e. The second-order valence-electron chi connectivity index (χ2n) is 4.71. The highest BCUT2D eigenvalue weighted by Gasteiger charge is 2.25. The van der Waals surface area contributed by atoms with E-state index in [1.54, 1.807) is 12.1 Å². The highest BCUT2D eigenvalue weighted by molar-refractivity contribution is 5.42. The predicted molar refractivity (Wildman–Crippen MR) is 67.7 cm³/mol. The van der Waals surface area contributed by atoms with Crippen LogP contribution in [0.15, 0.2) is 30.7 Å². The molecule has 3 rings (SSSR count). The van der Waals surface area contributed by atoms with E-state index in [4.69, 9.17) is 4.74 Å². The fourth-order valence-electron chi connectivity index (χ4n) is 2.04. The van der Waals surface area contributed by atoms with Crippen molar-refractivity contribution in [1.82, 2.24) is 9.55 Å². The molecule has 2 aromatic rings. The molecule has 1 N–H and O–H groups in total. The lowest BCUT2D eigenvalue weighted by Crippen LogP contribution is -2.04. The Balaban J connectivity index is 1.74. The van der Waals surface area contributed by atoms with Gasteiger partial charge in [-0.2, -0.15) is 0 Å². The number of nitrogens with zero attached hydrogens (tertiary/aromatic N) is 2. The van der Waals surface area contributed by atoms with Crippen molar-refractivity contribution in [3.05, 3.63) is 42.0 Å². The molecule has 18 heavy (non-hydrogen) atoms. The van der Waals surface area contributed by atoms with Gasteiger partial charge in [-0.15, -0.1) is 0 Å². The Hall–Kier alpha value is -1.97. The minimum absolute atomic E-state index is 0.267. The Kier molecular flexibility index (Phi) is 2.70. The van der Waals surface area contributed by atoms with E-state index < -0.39 is 0 Å². The summed E-state index contributed by atoms with van der Waals surface area (Å²) in [5, 5.41) is 9.61. The molecule has 1 aromatic carbocycles. The van der Waals surface area contributed by atoms with Crippen molar-refractivity contribution in [3.63, 3.8) is 0 Å². The number of hydrogen-bond donors (Lipinski definition) is 1. The van der Waals surface area contributed by atoms with Gasteiger partial charge in [0.25, 0.3) is 0 Å². The van der Waals surface area contributed by atoms with E-state index in [1.165, 1.54) is 12.8 Å². The molecule has 0 amide bonds. The van der Waals surface area contributed by atoms with Crippen LogP contribution in [0.3, 0.4) is 0 Å². The quantitative estimate of drug-likeness (QED) is 0.899. The molecule has 4 nitrogen and oxygen atoms in total. The first kappa shape index (κ1) is 11.1. The number of rotatable bonds is 4. The van der Waals surface area contributed by atoms with Crippen molar-refractivity contribution in [2.45, 2.75) is 32.4 Å². The van der Waals surface area contributed by atoms with Crippen LogP contribution in [0.2, 0.25) is 0 Å². The molecule has 1 heterocycles. The summed E-state index contributed by atoms with van der Waals surface area (Å²) in [4.78, 5) is 4.17.